The summed E-state index contributed by atoms with van der Waals surface area (Å²) < 4.78 is 6.29. The first-order chi connectivity index (χ1) is 19.2. The average Bonchev–Trinajstić information content (AvgIpc) is 3.79. The molecule has 0 saturated heterocycles. The predicted molar refractivity (Wildman–Crippen MR) is 187 cm³/mol. The summed E-state index contributed by atoms with van der Waals surface area (Å²) in [7, 11) is 3.35. The van der Waals surface area contributed by atoms with Gasteiger partial charge in [0.25, 0.3) is 0 Å². The Bertz CT molecular complexity index is 1150. The molecule has 1 aromatic carbocycles. The van der Waals surface area contributed by atoms with Crippen molar-refractivity contribution in [3.8, 4) is 5.75 Å². The van der Waals surface area contributed by atoms with E-state index in [1.54, 1.807) is 0 Å². The normalized spacial score (nSPS) is 14.8. The van der Waals surface area contributed by atoms with Crippen LogP contribution in [0.25, 0.3) is 17.0 Å². The third-order valence-electron chi connectivity index (χ3n) is 6.40. The molecule has 0 bridgehead atoms. The van der Waals surface area contributed by atoms with Crippen LogP contribution in [0.3, 0.4) is 0 Å². The summed E-state index contributed by atoms with van der Waals surface area (Å²) in [6.45, 7) is 11.3. The Morgan fingerprint density at radius 1 is 1.10 bits per heavy atom. The molecule has 2 aromatic rings. The molecule has 0 amide bonds. The minimum atomic E-state index is -0.928. The van der Waals surface area contributed by atoms with Crippen molar-refractivity contribution < 1.29 is 4.74 Å². The first kappa shape index (κ1) is 35.9. The van der Waals surface area contributed by atoms with Crippen LogP contribution < -0.4 is 21.5 Å². The van der Waals surface area contributed by atoms with Gasteiger partial charge in [-0.15, -0.1) is 9.24 Å². The lowest BCUT2D eigenvalue weighted by Crippen LogP contribution is -2.08. The van der Waals surface area contributed by atoms with Gasteiger partial charge < -0.3 is 16.2 Å². The molecule has 40 heavy (non-hydrogen) atoms. The van der Waals surface area contributed by atoms with Gasteiger partial charge in [0.05, 0.1) is 18.0 Å². The van der Waals surface area contributed by atoms with E-state index < -0.39 is 10.0 Å². The van der Waals surface area contributed by atoms with Gasteiger partial charge in [-0.05, 0) is 98.3 Å². The predicted octanol–water partition coefficient (Wildman–Crippen LogP) is 7.85. The molecule has 0 spiro atoms. The van der Waals surface area contributed by atoms with Crippen LogP contribution >= 0.6 is 19.3 Å². The second-order valence-corrected chi connectivity index (χ2v) is 15.3. The van der Waals surface area contributed by atoms with E-state index in [1.165, 1.54) is 24.8 Å². The lowest BCUT2D eigenvalue weighted by atomic mass is 10.0. The summed E-state index contributed by atoms with van der Waals surface area (Å²) >= 11 is 0. The smallest absolute Gasteiger partial charge is 0.127 e. The highest BCUT2D eigenvalue weighted by Gasteiger charge is 2.23. The molecule has 1 aromatic heterocycles. The monoisotopic (exact) mass is 586 g/mol. The van der Waals surface area contributed by atoms with Gasteiger partial charge in [0.1, 0.15) is 5.75 Å². The van der Waals surface area contributed by atoms with E-state index in [1.807, 2.05) is 32.3 Å². The molecule has 1 heterocycles. The largest absolute Gasteiger partial charge is 0.493 e. The molecule has 7 heteroatoms. The Morgan fingerprint density at radius 2 is 1.77 bits per heavy atom. The Balaban J connectivity index is 0.00000191. The Morgan fingerprint density at radius 3 is 2.35 bits per heavy atom. The zero-order valence-electron chi connectivity index (χ0n) is 26.5. The quantitative estimate of drug-likeness (QED) is 0.196. The SMILES string of the molecule is CC.CCCC=N/C(=C(\C)c1ccc(P)cc1OCC1CC1)c1cc(/C(N)=C(/CCC)S(C)(C)C)ccn1.CN. The van der Waals surface area contributed by atoms with E-state index in [0.717, 1.165) is 77.1 Å². The van der Waals surface area contributed by atoms with Crippen molar-refractivity contribution in [1.82, 2.24) is 4.98 Å². The summed E-state index contributed by atoms with van der Waals surface area (Å²) in [5, 5.41) is 1.11. The summed E-state index contributed by atoms with van der Waals surface area (Å²) in [6, 6.07) is 10.5. The second-order valence-electron chi connectivity index (χ2n) is 10.4. The molecule has 1 unspecified atom stereocenters. The van der Waals surface area contributed by atoms with Crippen LogP contribution in [0, 0.1) is 5.92 Å². The summed E-state index contributed by atoms with van der Waals surface area (Å²) in [6.07, 6.45) is 17.4. The number of benzene rings is 1. The van der Waals surface area contributed by atoms with Crippen LogP contribution in [0.1, 0.15) is 90.0 Å². The number of ether oxygens (including phenoxy) is 1. The zero-order valence-corrected chi connectivity index (χ0v) is 28.5. The number of allylic oxidation sites excluding steroid dienone is 2. The van der Waals surface area contributed by atoms with Gasteiger partial charge in [-0.2, -0.15) is 0 Å². The molecular weight excluding hydrogens is 531 g/mol. The molecule has 1 fully saturated rings. The van der Waals surface area contributed by atoms with Gasteiger partial charge in [0.15, 0.2) is 0 Å². The van der Waals surface area contributed by atoms with E-state index in [4.69, 9.17) is 20.4 Å². The van der Waals surface area contributed by atoms with Crippen LogP contribution in [0.15, 0.2) is 46.4 Å². The summed E-state index contributed by atoms with van der Waals surface area (Å²) in [5.41, 5.74) is 17.0. The zero-order chi connectivity index (χ0) is 30.3. The Hall–Kier alpha value is -2.14. The molecule has 3 rings (SSSR count). The van der Waals surface area contributed by atoms with Crippen molar-refractivity contribution in [2.45, 2.75) is 73.1 Å². The highest BCUT2D eigenvalue weighted by molar-refractivity contribution is 8.35. The number of aromatic nitrogens is 1. The van der Waals surface area contributed by atoms with Gasteiger partial charge in [0.2, 0.25) is 0 Å². The molecule has 224 valence electrons. The number of pyridine rings is 1. The fraction of sp³-hybridized carbons (Fsp3) is 0.515. The van der Waals surface area contributed by atoms with E-state index in [0.29, 0.717) is 5.92 Å². The minimum absolute atomic E-state index is 0.688. The minimum Gasteiger partial charge on any atom is -0.493 e. The number of rotatable bonds is 12. The van der Waals surface area contributed by atoms with E-state index in [9.17, 15) is 0 Å². The van der Waals surface area contributed by atoms with Crippen LogP contribution in [0.5, 0.6) is 5.75 Å². The Kier molecular flexibility index (Phi) is 16.4. The van der Waals surface area contributed by atoms with Crippen molar-refractivity contribution in [3.05, 3.63) is 58.3 Å². The van der Waals surface area contributed by atoms with Gasteiger partial charge >= 0.3 is 0 Å². The molecule has 0 aliphatic heterocycles. The number of aliphatic imine (C=N–C) groups is 1. The third kappa shape index (κ3) is 11.0. The average molecular weight is 587 g/mol. The number of unbranched alkanes of at least 4 members (excludes halogenated alkanes) is 1. The molecule has 0 radical (unpaired) electrons. The number of hydrogen-bond acceptors (Lipinski definition) is 5. The van der Waals surface area contributed by atoms with Gasteiger partial charge in [-0.25, -0.2) is 10.0 Å². The van der Waals surface area contributed by atoms with E-state index in [-0.39, 0.29) is 0 Å². The summed E-state index contributed by atoms with van der Waals surface area (Å²) in [5.74, 6) is 1.60. The number of nitrogens with two attached hydrogens (primary N) is 2. The van der Waals surface area contributed by atoms with Crippen LogP contribution in [-0.4, -0.2) is 43.6 Å². The van der Waals surface area contributed by atoms with Crippen molar-refractivity contribution in [2.24, 2.45) is 22.4 Å². The number of nitrogens with zero attached hydrogens (tertiary/aromatic N) is 2. The van der Waals surface area contributed by atoms with Crippen LogP contribution in [-0.2, 0) is 0 Å². The molecule has 1 atom stereocenters. The first-order valence-corrected chi connectivity index (χ1v) is 18.1. The van der Waals surface area contributed by atoms with Crippen molar-refractivity contribution >= 4 is 47.8 Å². The maximum absolute atomic E-state index is 6.80. The van der Waals surface area contributed by atoms with Gasteiger partial charge in [-0.3, -0.25) is 9.98 Å². The van der Waals surface area contributed by atoms with Gasteiger partial charge in [0, 0.05) is 29.2 Å². The maximum atomic E-state index is 6.80. The third-order valence-corrected chi connectivity index (χ3v) is 8.67. The molecule has 1 saturated carbocycles. The molecular formula is C33H55N4OPS. The van der Waals surface area contributed by atoms with Crippen molar-refractivity contribution in [1.29, 1.82) is 0 Å². The Labute approximate surface area is 248 Å². The van der Waals surface area contributed by atoms with Crippen molar-refractivity contribution in [3.63, 3.8) is 0 Å². The second kappa shape index (κ2) is 18.3. The van der Waals surface area contributed by atoms with Crippen LogP contribution in [0.4, 0.5) is 0 Å². The standard InChI is InChI=1S/C30H44N3OPS.C2H6.CH5N/c1-7-9-16-33-30(21(3)25-14-13-24(35)19-27(25)34-20-22-11-12-22)26-18-23(15-17-32-26)29(31)28(10-8-2)36(4,5)6;2*1-2/h13-19,22H,7-12,20,31,35H2,1-6H3;1-2H3;2H2,1H3/b29-28+,30-21+,33-16?;;. The highest BCUT2D eigenvalue weighted by Crippen LogP contribution is 2.49. The first-order valence-electron chi connectivity index (χ1n) is 14.6. The molecule has 4 N–H and O–H groups in total. The van der Waals surface area contributed by atoms with Crippen LogP contribution in [0.2, 0.25) is 0 Å². The summed E-state index contributed by atoms with van der Waals surface area (Å²) in [4.78, 5) is 11.1. The lowest BCUT2D eigenvalue weighted by Gasteiger charge is -2.31. The van der Waals surface area contributed by atoms with E-state index in [2.05, 4.69) is 78.8 Å². The maximum Gasteiger partial charge on any atom is 0.127 e. The molecule has 5 nitrogen and oxygen atoms in total. The fourth-order valence-corrected chi connectivity index (χ4v) is 5.96. The van der Waals surface area contributed by atoms with Crippen molar-refractivity contribution in [2.75, 3.05) is 32.4 Å². The highest BCUT2D eigenvalue weighted by atomic mass is 32.3. The lowest BCUT2D eigenvalue weighted by molar-refractivity contribution is 0.299. The topological polar surface area (TPSA) is 86.5 Å². The molecule has 1 aliphatic rings. The van der Waals surface area contributed by atoms with E-state index >= 15 is 0 Å². The van der Waals surface area contributed by atoms with Gasteiger partial charge in [-0.1, -0.05) is 52.7 Å². The number of hydrogen-bond donors (Lipinski definition) is 2. The molecule has 1 aliphatic carbocycles. The fourth-order valence-electron chi connectivity index (χ4n) is 4.11.